The molecule has 0 aliphatic heterocycles. The van der Waals surface area contributed by atoms with Gasteiger partial charge in [0, 0.05) is 17.0 Å². The first kappa shape index (κ1) is 6.85. The molecule has 0 saturated carbocycles. The molecule has 1 heterocycles. The molecule has 0 unspecified atom stereocenters. The SMILES string of the molecule is CC1(C)c2nocc2C[C@H]1N. The van der Waals surface area contributed by atoms with Crippen molar-refractivity contribution in [2.45, 2.75) is 31.7 Å². The van der Waals surface area contributed by atoms with Gasteiger partial charge >= 0.3 is 0 Å². The quantitative estimate of drug-likeness (QED) is 0.599. The Labute approximate surface area is 65.6 Å². The fraction of sp³-hybridized carbons (Fsp3) is 0.625. The molecule has 0 bridgehead atoms. The molecule has 0 aromatic carbocycles. The van der Waals surface area contributed by atoms with Crippen LogP contribution in [0.5, 0.6) is 0 Å². The number of rotatable bonds is 0. The van der Waals surface area contributed by atoms with Gasteiger partial charge in [0.05, 0.1) is 5.69 Å². The molecule has 11 heavy (non-hydrogen) atoms. The number of aromatic nitrogens is 1. The van der Waals surface area contributed by atoms with Gasteiger partial charge in [-0.05, 0) is 6.42 Å². The number of nitrogens with zero attached hydrogens (tertiary/aromatic N) is 1. The lowest BCUT2D eigenvalue weighted by Crippen LogP contribution is -2.37. The third-order valence-electron chi connectivity index (χ3n) is 2.62. The second-order valence-corrected chi connectivity index (χ2v) is 3.72. The minimum atomic E-state index is -0.0116. The average molecular weight is 152 g/mol. The van der Waals surface area contributed by atoms with Crippen molar-refractivity contribution >= 4 is 0 Å². The second-order valence-electron chi connectivity index (χ2n) is 3.72. The number of hydrogen-bond acceptors (Lipinski definition) is 3. The van der Waals surface area contributed by atoms with E-state index in [2.05, 4.69) is 19.0 Å². The minimum absolute atomic E-state index is 0.0116. The molecule has 2 N–H and O–H groups in total. The van der Waals surface area contributed by atoms with Gasteiger partial charge in [-0.2, -0.15) is 0 Å². The zero-order chi connectivity index (χ0) is 8.06. The standard InChI is InChI=1S/C8H12N2O/c1-8(2)6(9)3-5-4-11-10-7(5)8/h4,6H,3,9H2,1-2H3/t6-/m1/s1. The van der Waals surface area contributed by atoms with Crippen LogP contribution >= 0.6 is 0 Å². The smallest absolute Gasteiger partial charge is 0.127 e. The molecule has 1 atom stereocenters. The van der Waals surface area contributed by atoms with Crippen LogP contribution in [-0.4, -0.2) is 11.2 Å². The summed E-state index contributed by atoms with van der Waals surface area (Å²) in [5, 5.41) is 3.94. The average Bonchev–Trinajstić information content (AvgIpc) is 2.41. The normalized spacial score (nSPS) is 27.0. The second kappa shape index (κ2) is 1.85. The number of nitrogens with two attached hydrogens (primary N) is 1. The van der Waals surface area contributed by atoms with Gasteiger partial charge in [0.1, 0.15) is 6.26 Å². The molecule has 1 aromatic rings. The molecule has 3 heteroatoms. The largest absolute Gasteiger partial charge is 0.364 e. The first-order valence-corrected chi connectivity index (χ1v) is 3.81. The summed E-state index contributed by atoms with van der Waals surface area (Å²) in [4.78, 5) is 0. The first-order chi connectivity index (χ1) is 5.12. The van der Waals surface area contributed by atoms with Crippen LogP contribution in [0, 0.1) is 0 Å². The van der Waals surface area contributed by atoms with Crippen molar-refractivity contribution in [1.82, 2.24) is 5.16 Å². The van der Waals surface area contributed by atoms with Crippen molar-refractivity contribution in [2.24, 2.45) is 5.73 Å². The first-order valence-electron chi connectivity index (χ1n) is 3.81. The molecular weight excluding hydrogens is 140 g/mol. The van der Waals surface area contributed by atoms with Crippen LogP contribution in [0.15, 0.2) is 10.8 Å². The van der Waals surface area contributed by atoms with Crippen LogP contribution in [0.3, 0.4) is 0 Å². The van der Waals surface area contributed by atoms with Crippen molar-refractivity contribution in [2.75, 3.05) is 0 Å². The van der Waals surface area contributed by atoms with E-state index >= 15 is 0 Å². The fourth-order valence-electron chi connectivity index (χ4n) is 1.60. The Kier molecular flexibility index (Phi) is 1.16. The van der Waals surface area contributed by atoms with Gasteiger partial charge in [0.2, 0.25) is 0 Å². The lowest BCUT2D eigenvalue weighted by atomic mass is 9.87. The molecule has 0 fully saturated rings. The Bertz CT molecular complexity index is 277. The van der Waals surface area contributed by atoms with Gasteiger partial charge < -0.3 is 10.3 Å². The van der Waals surface area contributed by atoms with Gasteiger partial charge in [0.15, 0.2) is 0 Å². The maximum atomic E-state index is 5.93. The zero-order valence-electron chi connectivity index (χ0n) is 6.79. The van der Waals surface area contributed by atoms with E-state index in [0.717, 1.165) is 12.1 Å². The maximum absolute atomic E-state index is 5.93. The highest BCUT2D eigenvalue weighted by atomic mass is 16.5. The molecule has 1 aliphatic carbocycles. The summed E-state index contributed by atoms with van der Waals surface area (Å²) < 4.78 is 4.87. The van der Waals surface area contributed by atoms with E-state index in [-0.39, 0.29) is 11.5 Å². The molecule has 2 rings (SSSR count). The van der Waals surface area contributed by atoms with Crippen molar-refractivity contribution in [1.29, 1.82) is 0 Å². The van der Waals surface area contributed by atoms with Crippen molar-refractivity contribution in [3.63, 3.8) is 0 Å². The van der Waals surface area contributed by atoms with Crippen LogP contribution in [0.2, 0.25) is 0 Å². The van der Waals surface area contributed by atoms with E-state index < -0.39 is 0 Å². The summed E-state index contributed by atoms with van der Waals surface area (Å²) in [6, 6.07) is 0.191. The molecule has 60 valence electrons. The molecule has 1 aliphatic rings. The Morgan fingerprint density at radius 1 is 1.73 bits per heavy atom. The van der Waals surface area contributed by atoms with Crippen LogP contribution in [0.4, 0.5) is 0 Å². The summed E-state index contributed by atoms with van der Waals surface area (Å²) >= 11 is 0. The minimum Gasteiger partial charge on any atom is -0.364 e. The summed E-state index contributed by atoms with van der Waals surface area (Å²) in [5.41, 5.74) is 8.12. The lowest BCUT2D eigenvalue weighted by molar-refractivity contribution is 0.358. The van der Waals surface area contributed by atoms with Gasteiger partial charge in [-0.25, -0.2) is 0 Å². The third kappa shape index (κ3) is 0.744. The highest BCUT2D eigenvalue weighted by Crippen LogP contribution is 2.35. The fourth-order valence-corrected chi connectivity index (χ4v) is 1.60. The molecule has 3 nitrogen and oxygen atoms in total. The predicted octanol–water partition coefficient (Wildman–Crippen LogP) is 0.836. The highest BCUT2D eigenvalue weighted by molar-refractivity contribution is 5.32. The Balaban J connectivity index is 2.52. The topological polar surface area (TPSA) is 52.0 Å². The zero-order valence-corrected chi connectivity index (χ0v) is 6.79. The van der Waals surface area contributed by atoms with E-state index in [1.165, 1.54) is 5.56 Å². The summed E-state index contributed by atoms with van der Waals surface area (Å²) in [6.07, 6.45) is 2.59. The summed E-state index contributed by atoms with van der Waals surface area (Å²) in [5.74, 6) is 0. The molecule has 0 radical (unpaired) electrons. The Morgan fingerprint density at radius 3 is 3.09 bits per heavy atom. The maximum Gasteiger partial charge on any atom is 0.127 e. The van der Waals surface area contributed by atoms with Crippen LogP contribution in [0.25, 0.3) is 0 Å². The molecule has 0 spiro atoms. The Hall–Kier alpha value is -0.830. The van der Waals surface area contributed by atoms with Crippen LogP contribution < -0.4 is 5.73 Å². The Morgan fingerprint density at radius 2 is 2.45 bits per heavy atom. The summed E-state index contributed by atoms with van der Waals surface area (Å²) in [7, 11) is 0. The van der Waals surface area contributed by atoms with Gasteiger partial charge in [-0.15, -0.1) is 0 Å². The van der Waals surface area contributed by atoms with E-state index in [1.54, 1.807) is 6.26 Å². The van der Waals surface area contributed by atoms with Gasteiger partial charge in [-0.1, -0.05) is 19.0 Å². The number of hydrogen-bond donors (Lipinski definition) is 1. The monoisotopic (exact) mass is 152 g/mol. The van der Waals surface area contributed by atoms with Crippen molar-refractivity contribution in [3.8, 4) is 0 Å². The predicted molar refractivity (Wildman–Crippen MR) is 41.2 cm³/mol. The molecule has 0 saturated heterocycles. The van der Waals surface area contributed by atoms with Crippen LogP contribution in [0.1, 0.15) is 25.1 Å². The van der Waals surface area contributed by atoms with E-state index in [0.29, 0.717) is 0 Å². The van der Waals surface area contributed by atoms with E-state index in [1.807, 2.05) is 0 Å². The summed E-state index contributed by atoms with van der Waals surface area (Å²) in [6.45, 7) is 4.21. The third-order valence-corrected chi connectivity index (χ3v) is 2.62. The number of fused-ring (bicyclic) bond motifs is 1. The molecule has 0 amide bonds. The molecule has 1 aromatic heterocycles. The molecular formula is C8H12N2O. The van der Waals surface area contributed by atoms with Gasteiger partial charge in [0.25, 0.3) is 0 Å². The lowest BCUT2D eigenvalue weighted by Gasteiger charge is -2.22. The van der Waals surface area contributed by atoms with E-state index in [4.69, 9.17) is 10.3 Å². The highest BCUT2D eigenvalue weighted by Gasteiger charge is 2.40. The van der Waals surface area contributed by atoms with Crippen molar-refractivity contribution < 1.29 is 4.52 Å². The van der Waals surface area contributed by atoms with Crippen LogP contribution in [-0.2, 0) is 11.8 Å². The van der Waals surface area contributed by atoms with Gasteiger partial charge in [-0.3, -0.25) is 0 Å². The van der Waals surface area contributed by atoms with Crippen molar-refractivity contribution in [3.05, 3.63) is 17.5 Å². The van der Waals surface area contributed by atoms with E-state index in [9.17, 15) is 0 Å².